The minimum absolute atomic E-state index is 0.0543. The molecule has 0 aromatic heterocycles. The van der Waals surface area contributed by atoms with Gasteiger partial charge in [0.15, 0.2) is 0 Å². The van der Waals surface area contributed by atoms with Crippen molar-refractivity contribution in [3.05, 3.63) is 70.8 Å². The third-order valence-electron chi connectivity index (χ3n) is 3.46. The number of aliphatic hydroxyl groups excluding tert-OH is 1. The maximum atomic E-state index is 13.6. The second kappa shape index (κ2) is 6.62. The summed E-state index contributed by atoms with van der Waals surface area (Å²) >= 11 is 0. The van der Waals surface area contributed by atoms with Crippen LogP contribution in [0.4, 0.5) is 8.78 Å². The first-order valence-electron chi connectivity index (χ1n) is 6.69. The molecule has 2 rings (SSSR count). The molecule has 0 fully saturated rings. The van der Waals surface area contributed by atoms with Gasteiger partial charge in [0, 0.05) is 12.2 Å². The van der Waals surface area contributed by atoms with Crippen molar-refractivity contribution in [1.82, 2.24) is 0 Å². The van der Waals surface area contributed by atoms with Crippen molar-refractivity contribution < 1.29 is 13.9 Å². The molecule has 0 heterocycles. The van der Waals surface area contributed by atoms with E-state index >= 15 is 0 Å². The molecule has 0 radical (unpaired) electrons. The minimum atomic E-state index is -0.549. The van der Waals surface area contributed by atoms with E-state index in [0.717, 1.165) is 11.1 Å². The molecule has 0 saturated heterocycles. The Balaban J connectivity index is 2.11. The van der Waals surface area contributed by atoms with Gasteiger partial charge >= 0.3 is 0 Å². The molecule has 1 N–H and O–H groups in total. The summed E-state index contributed by atoms with van der Waals surface area (Å²) in [4.78, 5) is 0. The Hall–Kier alpha value is -1.74. The summed E-state index contributed by atoms with van der Waals surface area (Å²) in [5.74, 6) is -1.29. The Labute approximate surface area is 117 Å². The van der Waals surface area contributed by atoms with E-state index in [4.69, 9.17) is 0 Å². The van der Waals surface area contributed by atoms with Crippen LogP contribution in [0.5, 0.6) is 0 Å². The van der Waals surface area contributed by atoms with Gasteiger partial charge in [-0.25, -0.2) is 8.78 Å². The number of halogens is 2. The van der Waals surface area contributed by atoms with Gasteiger partial charge in [-0.05, 0) is 43.4 Å². The molecule has 1 atom stereocenters. The van der Waals surface area contributed by atoms with Crippen LogP contribution in [0.2, 0.25) is 0 Å². The lowest BCUT2D eigenvalue weighted by atomic mass is 9.92. The van der Waals surface area contributed by atoms with Crippen molar-refractivity contribution in [1.29, 1.82) is 0 Å². The van der Waals surface area contributed by atoms with Crippen LogP contribution in [0, 0.1) is 24.5 Å². The fourth-order valence-corrected chi connectivity index (χ4v) is 2.27. The van der Waals surface area contributed by atoms with Crippen LogP contribution < -0.4 is 0 Å². The average molecular weight is 276 g/mol. The Morgan fingerprint density at radius 3 is 2.10 bits per heavy atom. The number of aryl methyl sites for hydroxylation is 1. The van der Waals surface area contributed by atoms with Gasteiger partial charge in [0.2, 0.25) is 0 Å². The summed E-state index contributed by atoms with van der Waals surface area (Å²) in [6.07, 6.45) is 0.799. The number of benzene rings is 2. The van der Waals surface area contributed by atoms with E-state index in [-0.39, 0.29) is 24.5 Å². The zero-order valence-corrected chi connectivity index (χ0v) is 11.4. The van der Waals surface area contributed by atoms with Crippen molar-refractivity contribution >= 4 is 0 Å². The number of rotatable bonds is 5. The molecule has 0 aliphatic rings. The summed E-state index contributed by atoms with van der Waals surface area (Å²) in [5.41, 5.74) is 2.28. The van der Waals surface area contributed by atoms with Crippen molar-refractivity contribution in [2.24, 2.45) is 5.92 Å². The van der Waals surface area contributed by atoms with E-state index in [1.807, 2.05) is 31.2 Å². The van der Waals surface area contributed by atoms with Crippen LogP contribution in [0.1, 0.15) is 16.7 Å². The largest absolute Gasteiger partial charge is 0.396 e. The molecular weight excluding hydrogens is 258 g/mol. The van der Waals surface area contributed by atoms with Crippen LogP contribution in [0.25, 0.3) is 0 Å². The standard InChI is InChI=1S/C17H18F2O/c1-12-5-7-13(8-6-12)9-14(11-20)10-15-16(18)3-2-4-17(15)19/h2-8,14,20H,9-11H2,1H3. The number of aliphatic hydroxyl groups is 1. The quantitative estimate of drug-likeness (QED) is 0.883. The zero-order chi connectivity index (χ0) is 14.5. The zero-order valence-electron chi connectivity index (χ0n) is 11.4. The molecule has 0 aliphatic carbocycles. The highest BCUT2D eigenvalue weighted by atomic mass is 19.1. The van der Waals surface area contributed by atoms with Gasteiger partial charge in [0.25, 0.3) is 0 Å². The molecule has 0 spiro atoms. The summed E-state index contributed by atoms with van der Waals surface area (Å²) in [5, 5.41) is 9.44. The third-order valence-corrected chi connectivity index (χ3v) is 3.46. The van der Waals surface area contributed by atoms with Crippen molar-refractivity contribution in [2.45, 2.75) is 19.8 Å². The first kappa shape index (κ1) is 14.7. The Morgan fingerprint density at radius 1 is 0.950 bits per heavy atom. The molecular formula is C17H18F2O. The summed E-state index contributed by atoms with van der Waals surface area (Å²) in [7, 11) is 0. The molecule has 1 nitrogen and oxygen atoms in total. The van der Waals surface area contributed by atoms with E-state index < -0.39 is 11.6 Å². The van der Waals surface area contributed by atoms with E-state index in [9.17, 15) is 13.9 Å². The van der Waals surface area contributed by atoms with Gasteiger partial charge in [0.05, 0.1) is 0 Å². The maximum Gasteiger partial charge on any atom is 0.129 e. The van der Waals surface area contributed by atoms with Gasteiger partial charge in [0.1, 0.15) is 11.6 Å². The lowest BCUT2D eigenvalue weighted by Gasteiger charge is -2.15. The Bertz CT molecular complexity index is 543. The molecule has 0 aliphatic heterocycles. The molecule has 0 saturated carbocycles. The minimum Gasteiger partial charge on any atom is -0.396 e. The first-order valence-corrected chi connectivity index (χ1v) is 6.69. The molecule has 106 valence electrons. The van der Waals surface area contributed by atoms with Crippen LogP contribution in [0.3, 0.4) is 0 Å². The van der Waals surface area contributed by atoms with Gasteiger partial charge in [-0.1, -0.05) is 35.9 Å². The Morgan fingerprint density at radius 2 is 1.55 bits per heavy atom. The average Bonchev–Trinajstić information content (AvgIpc) is 2.44. The second-order valence-electron chi connectivity index (χ2n) is 5.14. The van der Waals surface area contributed by atoms with E-state index in [1.54, 1.807) is 0 Å². The molecule has 2 aromatic carbocycles. The topological polar surface area (TPSA) is 20.2 Å². The fourth-order valence-electron chi connectivity index (χ4n) is 2.27. The van der Waals surface area contributed by atoms with Gasteiger partial charge in [-0.2, -0.15) is 0 Å². The van der Waals surface area contributed by atoms with E-state index in [0.29, 0.717) is 6.42 Å². The Kier molecular flexibility index (Phi) is 4.85. The number of hydrogen-bond acceptors (Lipinski definition) is 1. The van der Waals surface area contributed by atoms with Gasteiger partial charge in [-0.3, -0.25) is 0 Å². The molecule has 20 heavy (non-hydrogen) atoms. The predicted octanol–water partition coefficient (Wildman–Crippen LogP) is 3.67. The molecule has 3 heteroatoms. The van der Waals surface area contributed by atoms with Crippen LogP contribution in [0.15, 0.2) is 42.5 Å². The second-order valence-corrected chi connectivity index (χ2v) is 5.14. The first-order chi connectivity index (χ1) is 9.60. The lowest BCUT2D eigenvalue weighted by Crippen LogP contribution is -2.15. The van der Waals surface area contributed by atoms with Crippen LogP contribution in [-0.4, -0.2) is 11.7 Å². The summed E-state index contributed by atoms with van der Waals surface area (Å²) in [6.45, 7) is 1.91. The van der Waals surface area contributed by atoms with Gasteiger partial charge < -0.3 is 5.11 Å². The highest BCUT2D eigenvalue weighted by Crippen LogP contribution is 2.19. The predicted molar refractivity (Wildman–Crippen MR) is 75.5 cm³/mol. The van der Waals surface area contributed by atoms with E-state index in [2.05, 4.69) is 0 Å². The SMILES string of the molecule is Cc1ccc(CC(CO)Cc2c(F)cccc2F)cc1. The molecule has 0 bridgehead atoms. The van der Waals surface area contributed by atoms with Crippen molar-refractivity contribution in [3.63, 3.8) is 0 Å². The van der Waals surface area contributed by atoms with E-state index in [1.165, 1.54) is 18.2 Å². The van der Waals surface area contributed by atoms with Crippen molar-refractivity contribution in [3.8, 4) is 0 Å². The van der Waals surface area contributed by atoms with Crippen LogP contribution >= 0.6 is 0 Å². The van der Waals surface area contributed by atoms with Crippen molar-refractivity contribution in [2.75, 3.05) is 6.61 Å². The summed E-state index contributed by atoms with van der Waals surface area (Å²) in [6, 6.07) is 11.8. The maximum absolute atomic E-state index is 13.6. The van der Waals surface area contributed by atoms with Crippen LogP contribution in [-0.2, 0) is 12.8 Å². The molecule has 0 amide bonds. The highest BCUT2D eigenvalue weighted by molar-refractivity contribution is 5.23. The fraction of sp³-hybridized carbons (Fsp3) is 0.294. The summed E-state index contributed by atoms with van der Waals surface area (Å²) < 4.78 is 27.2. The van der Waals surface area contributed by atoms with Gasteiger partial charge in [-0.15, -0.1) is 0 Å². The monoisotopic (exact) mass is 276 g/mol. The normalized spacial score (nSPS) is 12.4. The molecule has 1 unspecified atom stereocenters. The number of hydrogen-bond donors (Lipinski definition) is 1. The lowest BCUT2D eigenvalue weighted by molar-refractivity contribution is 0.223. The molecule has 2 aromatic rings. The smallest absolute Gasteiger partial charge is 0.129 e. The highest BCUT2D eigenvalue weighted by Gasteiger charge is 2.15. The third kappa shape index (κ3) is 3.64.